The van der Waals surface area contributed by atoms with Crippen LogP contribution in [0.15, 0.2) is 15.9 Å². The lowest BCUT2D eigenvalue weighted by atomic mass is 10.0. The fourth-order valence-corrected chi connectivity index (χ4v) is 4.12. The van der Waals surface area contributed by atoms with E-state index in [0.29, 0.717) is 6.04 Å². The van der Waals surface area contributed by atoms with Crippen molar-refractivity contribution in [3.05, 3.63) is 20.8 Å². The number of rotatable bonds is 6. The number of thiophene rings is 1. The quantitative estimate of drug-likeness (QED) is 0.717. The number of hydrogen-bond acceptors (Lipinski definition) is 2. The van der Waals surface area contributed by atoms with E-state index < -0.39 is 0 Å². The molecular formula is C14H22BrNS. The average Bonchev–Trinajstić information content (AvgIpc) is 2.95. The Morgan fingerprint density at radius 1 is 1.41 bits per heavy atom. The van der Waals surface area contributed by atoms with Crippen LogP contribution in [0.25, 0.3) is 0 Å². The molecule has 17 heavy (non-hydrogen) atoms. The third-order valence-corrected chi connectivity index (χ3v) is 5.54. The number of hydrogen-bond donors (Lipinski definition) is 1. The molecule has 0 aliphatic heterocycles. The second-order valence-electron chi connectivity index (χ2n) is 5.11. The summed E-state index contributed by atoms with van der Waals surface area (Å²) in [7, 11) is 0. The van der Waals surface area contributed by atoms with Crippen molar-refractivity contribution in [2.45, 2.75) is 51.5 Å². The van der Waals surface area contributed by atoms with E-state index in [4.69, 9.17) is 0 Å². The third kappa shape index (κ3) is 4.38. The minimum Gasteiger partial charge on any atom is -0.309 e. The summed E-state index contributed by atoms with van der Waals surface area (Å²) in [5, 5.41) is 3.63. The zero-order valence-corrected chi connectivity index (χ0v) is 12.9. The molecule has 1 N–H and O–H groups in total. The molecule has 0 radical (unpaired) electrons. The lowest BCUT2D eigenvalue weighted by Gasteiger charge is -2.13. The standard InChI is InChI=1S/C14H22BrNS/c1-11(13-8-9-14(15)17-13)16-10-4-7-12-5-2-3-6-12/h8-9,11-12,16H,2-7,10H2,1H3. The summed E-state index contributed by atoms with van der Waals surface area (Å²) in [4.78, 5) is 1.43. The molecule has 1 heterocycles. The zero-order valence-electron chi connectivity index (χ0n) is 10.5. The Kier molecular flexibility index (Phi) is 5.51. The van der Waals surface area contributed by atoms with Crippen molar-refractivity contribution in [1.29, 1.82) is 0 Å². The smallest absolute Gasteiger partial charge is 0.0701 e. The normalized spacial score (nSPS) is 18.7. The second kappa shape index (κ2) is 6.91. The van der Waals surface area contributed by atoms with E-state index in [1.165, 1.54) is 47.2 Å². The molecule has 2 rings (SSSR count). The fourth-order valence-electron chi connectivity index (χ4n) is 2.67. The molecule has 0 bridgehead atoms. The van der Waals surface area contributed by atoms with Crippen LogP contribution >= 0.6 is 27.3 Å². The van der Waals surface area contributed by atoms with E-state index in [-0.39, 0.29) is 0 Å². The van der Waals surface area contributed by atoms with Gasteiger partial charge in [0, 0.05) is 10.9 Å². The van der Waals surface area contributed by atoms with E-state index in [9.17, 15) is 0 Å². The highest BCUT2D eigenvalue weighted by molar-refractivity contribution is 9.11. The van der Waals surface area contributed by atoms with E-state index in [0.717, 1.165) is 12.5 Å². The van der Waals surface area contributed by atoms with Crippen LogP contribution in [0.3, 0.4) is 0 Å². The highest BCUT2D eigenvalue weighted by Crippen LogP contribution is 2.29. The molecule has 1 aromatic heterocycles. The Balaban J connectivity index is 1.61. The highest BCUT2D eigenvalue weighted by atomic mass is 79.9. The predicted molar refractivity (Wildman–Crippen MR) is 79.6 cm³/mol. The predicted octanol–water partition coefficient (Wildman–Crippen LogP) is 5.13. The molecule has 1 saturated carbocycles. The molecule has 0 saturated heterocycles. The zero-order chi connectivity index (χ0) is 12.1. The van der Waals surface area contributed by atoms with Gasteiger partial charge in [-0.15, -0.1) is 11.3 Å². The van der Waals surface area contributed by atoms with Crippen molar-refractivity contribution in [3.8, 4) is 0 Å². The first-order valence-electron chi connectivity index (χ1n) is 6.74. The van der Waals surface area contributed by atoms with E-state index >= 15 is 0 Å². The van der Waals surface area contributed by atoms with Gasteiger partial charge in [0.2, 0.25) is 0 Å². The molecule has 0 aromatic carbocycles. The average molecular weight is 316 g/mol. The summed E-state index contributed by atoms with van der Waals surface area (Å²) in [6, 6.07) is 4.84. The summed E-state index contributed by atoms with van der Waals surface area (Å²) in [5.74, 6) is 1.03. The molecule has 0 amide bonds. The Labute approximate surface area is 117 Å². The minimum atomic E-state index is 0.495. The molecule has 1 fully saturated rings. The highest BCUT2D eigenvalue weighted by Gasteiger charge is 2.14. The van der Waals surface area contributed by atoms with Crippen molar-refractivity contribution < 1.29 is 0 Å². The largest absolute Gasteiger partial charge is 0.309 e. The van der Waals surface area contributed by atoms with E-state index in [1.54, 1.807) is 0 Å². The van der Waals surface area contributed by atoms with Crippen molar-refractivity contribution in [2.75, 3.05) is 6.54 Å². The monoisotopic (exact) mass is 315 g/mol. The third-order valence-electron chi connectivity index (χ3n) is 3.74. The maximum atomic E-state index is 3.63. The van der Waals surface area contributed by atoms with Gasteiger partial charge in [0.05, 0.1) is 3.79 Å². The molecule has 1 aromatic rings. The van der Waals surface area contributed by atoms with Gasteiger partial charge in [-0.05, 0) is 60.3 Å². The first-order chi connectivity index (χ1) is 8.25. The molecule has 1 atom stereocenters. The lowest BCUT2D eigenvalue weighted by Crippen LogP contribution is -2.19. The van der Waals surface area contributed by atoms with Gasteiger partial charge in [0.25, 0.3) is 0 Å². The maximum absolute atomic E-state index is 3.63. The van der Waals surface area contributed by atoms with Crippen LogP contribution < -0.4 is 5.32 Å². The molecule has 1 unspecified atom stereocenters. The van der Waals surface area contributed by atoms with Crippen LogP contribution in [0.2, 0.25) is 0 Å². The van der Waals surface area contributed by atoms with Crippen molar-refractivity contribution in [3.63, 3.8) is 0 Å². The molecule has 1 nitrogen and oxygen atoms in total. The number of halogens is 1. The molecule has 0 spiro atoms. The van der Waals surface area contributed by atoms with Crippen LogP contribution in [-0.4, -0.2) is 6.54 Å². The Morgan fingerprint density at radius 2 is 2.18 bits per heavy atom. The van der Waals surface area contributed by atoms with Gasteiger partial charge in [-0.3, -0.25) is 0 Å². The van der Waals surface area contributed by atoms with Crippen LogP contribution in [0.4, 0.5) is 0 Å². The second-order valence-corrected chi connectivity index (χ2v) is 7.60. The number of nitrogens with one attached hydrogen (secondary N) is 1. The lowest BCUT2D eigenvalue weighted by molar-refractivity contribution is 0.457. The topological polar surface area (TPSA) is 12.0 Å². The van der Waals surface area contributed by atoms with Gasteiger partial charge < -0.3 is 5.32 Å². The Morgan fingerprint density at radius 3 is 2.82 bits per heavy atom. The first kappa shape index (κ1) is 13.6. The molecule has 3 heteroatoms. The van der Waals surface area contributed by atoms with E-state index in [2.05, 4.69) is 40.3 Å². The molecule has 1 aliphatic rings. The Hall–Kier alpha value is 0.140. The van der Waals surface area contributed by atoms with E-state index in [1.807, 2.05) is 11.3 Å². The first-order valence-corrected chi connectivity index (χ1v) is 8.35. The van der Waals surface area contributed by atoms with Crippen LogP contribution in [-0.2, 0) is 0 Å². The molecular weight excluding hydrogens is 294 g/mol. The molecule has 96 valence electrons. The van der Waals surface area contributed by atoms with Gasteiger partial charge in [0.15, 0.2) is 0 Å². The van der Waals surface area contributed by atoms with Crippen molar-refractivity contribution in [1.82, 2.24) is 5.32 Å². The van der Waals surface area contributed by atoms with Gasteiger partial charge >= 0.3 is 0 Å². The van der Waals surface area contributed by atoms with Crippen LogP contribution in [0.5, 0.6) is 0 Å². The fraction of sp³-hybridized carbons (Fsp3) is 0.714. The van der Waals surface area contributed by atoms with Gasteiger partial charge in [-0.25, -0.2) is 0 Å². The SMILES string of the molecule is CC(NCCCC1CCCC1)c1ccc(Br)s1. The summed E-state index contributed by atoms with van der Waals surface area (Å²) in [6.45, 7) is 3.42. The van der Waals surface area contributed by atoms with Gasteiger partial charge in [-0.2, -0.15) is 0 Å². The van der Waals surface area contributed by atoms with Gasteiger partial charge in [0.1, 0.15) is 0 Å². The van der Waals surface area contributed by atoms with Crippen LogP contribution in [0.1, 0.15) is 56.4 Å². The van der Waals surface area contributed by atoms with Crippen molar-refractivity contribution >= 4 is 27.3 Å². The van der Waals surface area contributed by atoms with Crippen LogP contribution in [0, 0.1) is 5.92 Å². The summed E-state index contributed by atoms with van der Waals surface area (Å²) >= 11 is 5.35. The summed E-state index contributed by atoms with van der Waals surface area (Å²) in [5.41, 5.74) is 0. The minimum absolute atomic E-state index is 0.495. The summed E-state index contributed by atoms with van der Waals surface area (Å²) in [6.07, 6.45) is 8.66. The summed E-state index contributed by atoms with van der Waals surface area (Å²) < 4.78 is 1.23. The molecule has 1 aliphatic carbocycles. The maximum Gasteiger partial charge on any atom is 0.0701 e. The Bertz CT molecular complexity index is 331. The van der Waals surface area contributed by atoms with Crippen molar-refractivity contribution in [2.24, 2.45) is 5.92 Å². The van der Waals surface area contributed by atoms with Gasteiger partial charge in [-0.1, -0.05) is 25.7 Å².